The molecule has 1 aliphatic rings. The number of benzene rings is 1. The van der Waals surface area contributed by atoms with Crippen molar-refractivity contribution in [3.8, 4) is 0 Å². The lowest BCUT2D eigenvalue weighted by molar-refractivity contribution is 0.104. The summed E-state index contributed by atoms with van der Waals surface area (Å²) in [6.07, 6.45) is 4.36. The van der Waals surface area contributed by atoms with Gasteiger partial charge >= 0.3 is 0 Å². The van der Waals surface area contributed by atoms with Gasteiger partial charge in [-0.2, -0.15) is 0 Å². The van der Waals surface area contributed by atoms with Crippen molar-refractivity contribution in [1.82, 2.24) is 5.32 Å². The highest BCUT2D eigenvalue weighted by atomic mass is 35.5. The van der Waals surface area contributed by atoms with Crippen LogP contribution in [0.5, 0.6) is 0 Å². The van der Waals surface area contributed by atoms with Gasteiger partial charge in [0.2, 0.25) is 0 Å². The topological polar surface area (TPSA) is 32.3 Å². The van der Waals surface area contributed by atoms with Crippen LogP contribution in [0.3, 0.4) is 0 Å². The molecule has 0 aliphatic heterocycles. The Morgan fingerprint density at radius 1 is 1.32 bits per heavy atom. The number of nitrogens with one attached hydrogen (secondary N) is 1. The van der Waals surface area contributed by atoms with Crippen molar-refractivity contribution in [3.05, 3.63) is 33.8 Å². The maximum atomic E-state index is 9.71. The molecule has 1 fully saturated rings. The predicted octanol–water partition coefficient (Wildman–Crippen LogP) is 4.02. The molecule has 1 aliphatic carbocycles. The minimum Gasteiger partial charge on any atom is -0.394 e. The molecule has 1 aromatic carbocycles. The molecule has 0 unspecified atom stereocenters. The fourth-order valence-electron chi connectivity index (χ4n) is 2.67. The van der Waals surface area contributed by atoms with E-state index in [0.717, 1.165) is 37.2 Å². The normalized spacial score (nSPS) is 27.5. The van der Waals surface area contributed by atoms with Gasteiger partial charge in [0.25, 0.3) is 0 Å². The molecule has 0 heterocycles. The van der Waals surface area contributed by atoms with E-state index in [9.17, 15) is 5.11 Å². The molecule has 2 rings (SSSR count). The van der Waals surface area contributed by atoms with Crippen LogP contribution in [0.2, 0.25) is 10.0 Å². The highest BCUT2D eigenvalue weighted by Crippen LogP contribution is 2.32. The summed E-state index contributed by atoms with van der Waals surface area (Å²) in [5, 5.41) is 14.4. The van der Waals surface area contributed by atoms with E-state index >= 15 is 0 Å². The lowest BCUT2D eigenvalue weighted by Gasteiger charge is -2.39. The van der Waals surface area contributed by atoms with Gasteiger partial charge in [0.1, 0.15) is 0 Å². The Labute approximate surface area is 125 Å². The molecule has 0 radical (unpaired) electrons. The minimum atomic E-state index is -0.155. The molecule has 0 aromatic heterocycles. The van der Waals surface area contributed by atoms with Gasteiger partial charge in [-0.3, -0.25) is 0 Å². The number of rotatable bonds is 4. The first-order valence-corrected chi connectivity index (χ1v) is 7.61. The van der Waals surface area contributed by atoms with Crippen LogP contribution in [0.1, 0.15) is 38.2 Å². The fourth-order valence-corrected chi connectivity index (χ4v) is 3.06. The van der Waals surface area contributed by atoms with E-state index in [0.29, 0.717) is 16.6 Å². The van der Waals surface area contributed by atoms with E-state index in [-0.39, 0.29) is 12.1 Å². The first-order chi connectivity index (χ1) is 9.06. The number of hydrogen-bond donors (Lipinski definition) is 2. The lowest BCUT2D eigenvalue weighted by atomic mass is 9.77. The van der Waals surface area contributed by atoms with Gasteiger partial charge < -0.3 is 10.4 Å². The molecular weight excluding hydrogens is 281 g/mol. The van der Waals surface area contributed by atoms with Crippen molar-refractivity contribution in [3.63, 3.8) is 0 Å². The summed E-state index contributed by atoms with van der Waals surface area (Å²) < 4.78 is 0. The van der Waals surface area contributed by atoms with E-state index in [1.54, 1.807) is 6.07 Å². The summed E-state index contributed by atoms with van der Waals surface area (Å²) in [5.41, 5.74) is 0.832. The van der Waals surface area contributed by atoms with Crippen molar-refractivity contribution in [2.24, 2.45) is 5.92 Å². The molecule has 0 atom stereocenters. The Kier molecular flexibility index (Phi) is 5.13. The highest BCUT2D eigenvalue weighted by Gasteiger charge is 2.33. The maximum Gasteiger partial charge on any atom is 0.0637 e. The number of hydrogen-bond acceptors (Lipinski definition) is 2. The van der Waals surface area contributed by atoms with Crippen LogP contribution in [0, 0.1) is 5.92 Å². The van der Waals surface area contributed by atoms with Crippen LogP contribution in [0.4, 0.5) is 0 Å². The van der Waals surface area contributed by atoms with Gasteiger partial charge in [0, 0.05) is 12.1 Å². The van der Waals surface area contributed by atoms with E-state index in [2.05, 4.69) is 12.2 Å². The van der Waals surface area contributed by atoms with Gasteiger partial charge in [-0.25, -0.2) is 0 Å². The van der Waals surface area contributed by atoms with Gasteiger partial charge in [-0.05, 0) is 43.2 Å². The van der Waals surface area contributed by atoms with Crippen LogP contribution >= 0.6 is 23.2 Å². The summed E-state index contributed by atoms with van der Waals surface area (Å²) >= 11 is 12.2. The van der Waals surface area contributed by atoms with Crippen molar-refractivity contribution in [1.29, 1.82) is 0 Å². The molecule has 1 saturated carbocycles. The third-order valence-corrected chi connectivity index (χ3v) is 5.08. The third kappa shape index (κ3) is 3.63. The maximum absolute atomic E-state index is 9.71. The average molecular weight is 302 g/mol. The number of halogens is 2. The van der Waals surface area contributed by atoms with E-state index in [1.165, 1.54) is 0 Å². The number of aliphatic hydroxyl groups excluding tert-OH is 1. The van der Waals surface area contributed by atoms with Crippen molar-refractivity contribution < 1.29 is 5.11 Å². The standard InChI is InChI=1S/C15H21Cl2NO/c1-11-5-7-15(10-19,8-6-11)18-9-12-3-2-4-13(16)14(12)17/h2-4,11,18-19H,5-10H2,1H3. The second-order valence-corrected chi connectivity index (χ2v) is 6.47. The summed E-state index contributed by atoms with van der Waals surface area (Å²) in [7, 11) is 0. The van der Waals surface area contributed by atoms with E-state index in [4.69, 9.17) is 23.2 Å². The second-order valence-electron chi connectivity index (χ2n) is 5.69. The van der Waals surface area contributed by atoms with Gasteiger partial charge in [-0.15, -0.1) is 0 Å². The molecule has 0 amide bonds. The molecule has 0 spiro atoms. The molecule has 0 bridgehead atoms. The van der Waals surface area contributed by atoms with Crippen LogP contribution in [-0.2, 0) is 6.54 Å². The Bertz CT molecular complexity index is 428. The zero-order chi connectivity index (χ0) is 13.9. The van der Waals surface area contributed by atoms with Crippen molar-refractivity contribution in [2.75, 3.05) is 6.61 Å². The van der Waals surface area contributed by atoms with Gasteiger partial charge in [-0.1, -0.05) is 42.3 Å². The molecular formula is C15H21Cl2NO. The summed E-state index contributed by atoms with van der Waals surface area (Å²) in [5.74, 6) is 0.760. The molecule has 19 heavy (non-hydrogen) atoms. The predicted molar refractivity (Wildman–Crippen MR) is 80.8 cm³/mol. The number of aliphatic hydroxyl groups is 1. The largest absolute Gasteiger partial charge is 0.394 e. The first kappa shape index (κ1) is 15.1. The molecule has 106 valence electrons. The molecule has 0 saturated heterocycles. The van der Waals surface area contributed by atoms with Crippen LogP contribution in [0.25, 0.3) is 0 Å². The molecule has 2 N–H and O–H groups in total. The highest BCUT2D eigenvalue weighted by molar-refractivity contribution is 6.42. The zero-order valence-corrected chi connectivity index (χ0v) is 12.8. The monoisotopic (exact) mass is 301 g/mol. The van der Waals surface area contributed by atoms with Crippen LogP contribution < -0.4 is 5.32 Å². The Morgan fingerprint density at radius 2 is 2.00 bits per heavy atom. The van der Waals surface area contributed by atoms with Gasteiger partial charge in [0.05, 0.1) is 16.7 Å². The first-order valence-electron chi connectivity index (χ1n) is 6.85. The summed E-state index contributed by atoms with van der Waals surface area (Å²) in [4.78, 5) is 0. The van der Waals surface area contributed by atoms with E-state index in [1.807, 2.05) is 12.1 Å². The van der Waals surface area contributed by atoms with Crippen molar-refractivity contribution in [2.45, 2.75) is 44.7 Å². The van der Waals surface area contributed by atoms with Crippen LogP contribution in [0.15, 0.2) is 18.2 Å². The Hall–Kier alpha value is -0.280. The zero-order valence-electron chi connectivity index (χ0n) is 11.3. The Balaban J connectivity index is 2.02. The molecule has 1 aromatic rings. The Morgan fingerprint density at radius 3 is 2.63 bits per heavy atom. The van der Waals surface area contributed by atoms with Crippen molar-refractivity contribution >= 4 is 23.2 Å². The SMILES string of the molecule is CC1CCC(CO)(NCc2cccc(Cl)c2Cl)CC1. The third-order valence-electron chi connectivity index (χ3n) is 4.22. The summed E-state index contributed by atoms with van der Waals surface area (Å²) in [6.45, 7) is 3.10. The fraction of sp³-hybridized carbons (Fsp3) is 0.600. The van der Waals surface area contributed by atoms with Crippen LogP contribution in [-0.4, -0.2) is 17.3 Å². The quantitative estimate of drug-likeness (QED) is 0.880. The smallest absolute Gasteiger partial charge is 0.0637 e. The minimum absolute atomic E-state index is 0.155. The summed E-state index contributed by atoms with van der Waals surface area (Å²) in [6, 6.07) is 5.66. The van der Waals surface area contributed by atoms with Gasteiger partial charge in [0.15, 0.2) is 0 Å². The lowest BCUT2D eigenvalue weighted by Crippen LogP contribution is -2.50. The van der Waals surface area contributed by atoms with E-state index < -0.39 is 0 Å². The molecule has 2 nitrogen and oxygen atoms in total. The second kappa shape index (κ2) is 6.45. The average Bonchev–Trinajstić information content (AvgIpc) is 2.43. The molecule has 4 heteroatoms.